The third kappa shape index (κ3) is 5.21. The monoisotopic (exact) mass is 410 g/mol. The summed E-state index contributed by atoms with van der Waals surface area (Å²) in [6, 6.07) is 14.0. The van der Waals surface area contributed by atoms with Crippen LogP contribution in [0.1, 0.15) is 17.5 Å². The Kier molecular flexibility index (Phi) is 6.55. The van der Waals surface area contributed by atoms with Gasteiger partial charge in [-0.1, -0.05) is 39.7 Å². The lowest BCUT2D eigenvalue weighted by molar-refractivity contribution is 0.0265. The van der Waals surface area contributed by atoms with Crippen LogP contribution in [-0.2, 0) is 15.9 Å². The highest BCUT2D eigenvalue weighted by Gasteiger charge is 2.15. The van der Waals surface area contributed by atoms with Crippen LogP contribution >= 0.6 is 27.5 Å². The van der Waals surface area contributed by atoms with Gasteiger partial charge in [-0.15, -0.1) is 0 Å². The van der Waals surface area contributed by atoms with Gasteiger partial charge in [-0.25, -0.2) is 0 Å². The van der Waals surface area contributed by atoms with Crippen LogP contribution in [0.2, 0.25) is 5.02 Å². The minimum absolute atomic E-state index is 0.228. The Morgan fingerprint density at radius 2 is 1.96 bits per heavy atom. The van der Waals surface area contributed by atoms with Crippen LogP contribution in [0.4, 0.5) is 0 Å². The minimum Gasteiger partial charge on any atom is -0.491 e. The van der Waals surface area contributed by atoms with Crippen molar-refractivity contribution >= 4 is 27.5 Å². The zero-order valence-corrected chi connectivity index (χ0v) is 15.7. The lowest BCUT2D eigenvalue weighted by Gasteiger charge is -2.11. The summed E-state index contributed by atoms with van der Waals surface area (Å²) in [5.74, 6) is 0.852. The van der Waals surface area contributed by atoms with Gasteiger partial charge in [0, 0.05) is 16.1 Å². The van der Waals surface area contributed by atoms with Crippen LogP contribution in [0.5, 0.6) is 5.75 Å². The summed E-state index contributed by atoms with van der Waals surface area (Å²) in [5.41, 5.74) is 2.30. The van der Waals surface area contributed by atoms with E-state index >= 15 is 0 Å². The summed E-state index contributed by atoms with van der Waals surface area (Å²) in [6.07, 6.45) is 2.00. The fraction of sp³-hybridized carbons (Fsp3) is 0.368. The van der Waals surface area contributed by atoms with Gasteiger partial charge in [0.25, 0.3) is 0 Å². The molecule has 1 aliphatic heterocycles. The van der Waals surface area contributed by atoms with Crippen molar-refractivity contribution < 1.29 is 14.2 Å². The first kappa shape index (κ1) is 17.7. The third-order valence-corrected chi connectivity index (χ3v) is 4.78. The Bertz CT molecular complexity index is 654. The Morgan fingerprint density at radius 1 is 1.12 bits per heavy atom. The molecule has 2 aromatic carbocycles. The quantitative estimate of drug-likeness (QED) is 0.608. The molecule has 0 spiro atoms. The van der Waals surface area contributed by atoms with Gasteiger partial charge >= 0.3 is 0 Å². The van der Waals surface area contributed by atoms with Crippen LogP contribution in [-0.4, -0.2) is 32.5 Å². The maximum absolute atomic E-state index is 6.25. The maximum atomic E-state index is 6.25. The lowest BCUT2D eigenvalue weighted by atomic mass is 10.1. The van der Waals surface area contributed by atoms with Gasteiger partial charge in [0.15, 0.2) is 0 Å². The lowest BCUT2D eigenvalue weighted by Crippen LogP contribution is -2.16. The molecule has 0 amide bonds. The van der Waals surface area contributed by atoms with Gasteiger partial charge in [-0.3, -0.25) is 0 Å². The van der Waals surface area contributed by atoms with Gasteiger partial charge in [-0.2, -0.15) is 0 Å². The highest BCUT2D eigenvalue weighted by molar-refractivity contribution is 9.10. The van der Waals surface area contributed by atoms with E-state index in [2.05, 4.69) is 34.1 Å². The van der Waals surface area contributed by atoms with Crippen molar-refractivity contribution in [1.82, 2.24) is 0 Å². The molecule has 1 atom stereocenters. The molecule has 3 nitrogen and oxygen atoms in total. The Morgan fingerprint density at radius 3 is 2.71 bits per heavy atom. The Balaban J connectivity index is 1.47. The molecule has 0 saturated carbocycles. The second-order valence-corrected chi connectivity index (χ2v) is 7.08. The van der Waals surface area contributed by atoms with E-state index in [-0.39, 0.29) is 6.10 Å². The Labute approximate surface area is 156 Å². The van der Waals surface area contributed by atoms with Crippen molar-refractivity contribution in [3.05, 3.63) is 63.1 Å². The van der Waals surface area contributed by atoms with E-state index in [4.69, 9.17) is 25.8 Å². The SMILES string of the molecule is Clc1ccc(Br)cc1Cc1ccc(OCCOC2CCOC2)cc1. The molecule has 5 heteroatoms. The molecule has 128 valence electrons. The van der Waals surface area contributed by atoms with Gasteiger partial charge in [-0.05, 0) is 54.3 Å². The highest BCUT2D eigenvalue weighted by Crippen LogP contribution is 2.24. The summed E-state index contributed by atoms with van der Waals surface area (Å²) in [5, 5.41) is 0.784. The first-order chi connectivity index (χ1) is 11.7. The number of halogens is 2. The van der Waals surface area contributed by atoms with Crippen molar-refractivity contribution in [2.75, 3.05) is 26.4 Å². The largest absolute Gasteiger partial charge is 0.491 e. The summed E-state index contributed by atoms with van der Waals surface area (Å²) < 4.78 is 17.7. The summed E-state index contributed by atoms with van der Waals surface area (Å²) in [4.78, 5) is 0. The van der Waals surface area contributed by atoms with Gasteiger partial charge in [0.1, 0.15) is 12.4 Å². The number of hydrogen-bond acceptors (Lipinski definition) is 3. The summed E-state index contributed by atoms with van der Waals surface area (Å²) in [6.45, 7) is 2.64. The summed E-state index contributed by atoms with van der Waals surface area (Å²) >= 11 is 9.73. The zero-order valence-electron chi connectivity index (χ0n) is 13.3. The molecule has 1 heterocycles. The second kappa shape index (κ2) is 8.86. The average Bonchev–Trinajstić information content (AvgIpc) is 3.10. The first-order valence-electron chi connectivity index (χ1n) is 8.06. The standard InChI is InChI=1S/C19H20BrClO3/c20-16-3-6-19(21)15(12-16)11-14-1-4-17(5-2-14)23-9-10-24-18-7-8-22-13-18/h1-6,12,18H,7-11,13H2. The van der Waals surface area contributed by atoms with Crippen LogP contribution in [0.25, 0.3) is 0 Å². The van der Waals surface area contributed by atoms with Crippen molar-refractivity contribution in [2.24, 2.45) is 0 Å². The van der Waals surface area contributed by atoms with Crippen molar-refractivity contribution in [2.45, 2.75) is 18.9 Å². The first-order valence-corrected chi connectivity index (χ1v) is 9.23. The van der Waals surface area contributed by atoms with E-state index in [1.54, 1.807) is 0 Å². The van der Waals surface area contributed by atoms with E-state index in [1.807, 2.05) is 24.3 Å². The molecule has 2 aromatic rings. The Hall–Kier alpha value is -1.07. The molecular formula is C19H20BrClO3. The molecule has 0 radical (unpaired) electrons. The summed E-state index contributed by atoms with van der Waals surface area (Å²) in [7, 11) is 0. The fourth-order valence-corrected chi connectivity index (χ4v) is 3.21. The molecule has 1 saturated heterocycles. The molecule has 0 aliphatic carbocycles. The van der Waals surface area contributed by atoms with E-state index in [9.17, 15) is 0 Å². The van der Waals surface area contributed by atoms with Crippen LogP contribution in [0.15, 0.2) is 46.9 Å². The molecule has 0 aromatic heterocycles. The van der Waals surface area contributed by atoms with E-state index < -0.39 is 0 Å². The number of ether oxygens (including phenoxy) is 3. The number of rotatable bonds is 7. The zero-order chi connectivity index (χ0) is 16.8. The molecule has 1 unspecified atom stereocenters. The van der Waals surface area contributed by atoms with Crippen LogP contribution < -0.4 is 4.74 Å². The molecule has 0 bridgehead atoms. The topological polar surface area (TPSA) is 27.7 Å². The van der Waals surface area contributed by atoms with E-state index in [0.29, 0.717) is 19.8 Å². The van der Waals surface area contributed by atoms with Crippen molar-refractivity contribution in [3.8, 4) is 5.75 Å². The number of hydrogen-bond donors (Lipinski definition) is 0. The number of benzene rings is 2. The maximum Gasteiger partial charge on any atom is 0.119 e. The van der Waals surface area contributed by atoms with Crippen molar-refractivity contribution in [1.29, 1.82) is 0 Å². The van der Waals surface area contributed by atoms with E-state index in [1.165, 1.54) is 5.56 Å². The average molecular weight is 412 g/mol. The van der Waals surface area contributed by atoms with Crippen LogP contribution in [0.3, 0.4) is 0 Å². The fourth-order valence-electron chi connectivity index (χ4n) is 2.62. The van der Waals surface area contributed by atoms with Gasteiger partial charge < -0.3 is 14.2 Å². The second-order valence-electron chi connectivity index (χ2n) is 5.76. The molecular weight excluding hydrogens is 392 g/mol. The van der Waals surface area contributed by atoms with Crippen LogP contribution in [0, 0.1) is 0 Å². The van der Waals surface area contributed by atoms with E-state index in [0.717, 1.165) is 40.3 Å². The molecule has 1 aliphatic rings. The molecule has 3 rings (SSSR count). The molecule has 1 fully saturated rings. The van der Waals surface area contributed by atoms with Gasteiger partial charge in [0.05, 0.1) is 19.3 Å². The van der Waals surface area contributed by atoms with Gasteiger partial charge in [0.2, 0.25) is 0 Å². The third-order valence-electron chi connectivity index (χ3n) is 3.92. The predicted octanol–water partition coefficient (Wildman–Crippen LogP) is 4.88. The predicted molar refractivity (Wildman–Crippen MR) is 99.1 cm³/mol. The normalized spacial score (nSPS) is 17.2. The minimum atomic E-state index is 0.228. The highest BCUT2D eigenvalue weighted by atomic mass is 79.9. The molecule has 24 heavy (non-hydrogen) atoms. The molecule has 0 N–H and O–H groups in total. The van der Waals surface area contributed by atoms with Crippen molar-refractivity contribution in [3.63, 3.8) is 0 Å². The smallest absolute Gasteiger partial charge is 0.119 e.